The number of nitrogens with one attached hydrogen (secondary N) is 1. The summed E-state index contributed by atoms with van der Waals surface area (Å²) in [7, 11) is 0. The van der Waals surface area contributed by atoms with Crippen molar-refractivity contribution in [1.29, 1.82) is 0 Å². The Morgan fingerprint density at radius 1 is 1.22 bits per heavy atom. The smallest absolute Gasteiger partial charge is 0.216 e. The molecule has 7 heteroatoms. The first kappa shape index (κ1) is 15.9. The van der Waals surface area contributed by atoms with Crippen LogP contribution < -0.4 is 0 Å². The number of aryl methyl sites for hydroxylation is 1. The van der Waals surface area contributed by atoms with Gasteiger partial charge in [-0.25, -0.2) is 5.10 Å². The highest BCUT2D eigenvalue weighted by atomic mass is 35.5. The zero-order valence-corrected chi connectivity index (χ0v) is 14.5. The molecule has 0 bridgehead atoms. The average Bonchev–Trinajstić information content (AvgIpc) is 2.88. The lowest BCUT2D eigenvalue weighted by Gasteiger charge is -2.04. The largest absolute Gasteiger partial charge is 0.250 e. The predicted octanol–water partition coefficient (Wildman–Crippen LogP) is 5.11. The van der Waals surface area contributed by atoms with Crippen molar-refractivity contribution in [2.24, 2.45) is 5.10 Å². The molecule has 0 aliphatic rings. The van der Waals surface area contributed by atoms with Crippen molar-refractivity contribution in [1.82, 2.24) is 14.9 Å². The molecule has 0 saturated heterocycles. The number of benzene rings is 2. The fourth-order valence-electron chi connectivity index (χ4n) is 2.12. The molecule has 0 atom stereocenters. The predicted molar refractivity (Wildman–Crippen MR) is 97.0 cm³/mol. The van der Waals surface area contributed by atoms with E-state index in [4.69, 9.17) is 35.4 Å². The number of halogens is 2. The minimum atomic E-state index is 0.407. The van der Waals surface area contributed by atoms with Gasteiger partial charge in [-0.05, 0) is 36.8 Å². The van der Waals surface area contributed by atoms with Crippen LogP contribution >= 0.6 is 35.4 Å². The number of nitrogens with zero attached hydrogens (tertiary/aromatic N) is 3. The number of H-pyrrole nitrogens is 1. The van der Waals surface area contributed by atoms with Crippen LogP contribution in [0.3, 0.4) is 0 Å². The number of aromatic nitrogens is 3. The third-order valence-corrected chi connectivity index (χ3v) is 4.14. The van der Waals surface area contributed by atoms with Crippen molar-refractivity contribution in [2.45, 2.75) is 6.92 Å². The van der Waals surface area contributed by atoms with Crippen LogP contribution in [-0.2, 0) is 0 Å². The number of hydrogen-bond donors (Lipinski definition) is 1. The minimum absolute atomic E-state index is 0.407. The second-order valence-corrected chi connectivity index (χ2v) is 6.12. The molecule has 1 N–H and O–H groups in total. The molecule has 4 nitrogen and oxygen atoms in total. The molecule has 1 aromatic heterocycles. The van der Waals surface area contributed by atoms with Gasteiger partial charge in [0, 0.05) is 16.1 Å². The molecule has 0 aliphatic heterocycles. The van der Waals surface area contributed by atoms with E-state index in [1.54, 1.807) is 29.1 Å². The van der Waals surface area contributed by atoms with Crippen molar-refractivity contribution in [3.05, 3.63) is 68.4 Å². The van der Waals surface area contributed by atoms with Crippen LogP contribution in [0.1, 0.15) is 11.1 Å². The lowest BCUT2D eigenvalue weighted by molar-refractivity contribution is 0.871. The number of aromatic amines is 1. The molecule has 3 rings (SSSR count). The highest BCUT2D eigenvalue weighted by molar-refractivity contribution is 7.71. The zero-order valence-electron chi connectivity index (χ0n) is 12.1. The van der Waals surface area contributed by atoms with Crippen molar-refractivity contribution in [3.63, 3.8) is 0 Å². The zero-order chi connectivity index (χ0) is 16.4. The Bertz CT molecular complexity index is 943. The van der Waals surface area contributed by atoms with E-state index < -0.39 is 0 Å². The standard InChI is InChI=1S/C16H12Cl2N4S/c1-10-4-2-3-5-13(10)15-20-21-16(23)22(15)19-9-11-6-7-12(17)8-14(11)18/h2-9H,1H3,(H,21,23). The molecule has 1 heterocycles. The Morgan fingerprint density at radius 2 is 2.00 bits per heavy atom. The van der Waals surface area contributed by atoms with Crippen LogP contribution in [0.2, 0.25) is 10.0 Å². The lowest BCUT2D eigenvalue weighted by Crippen LogP contribution is -1.96. The summed E-state index contributed by atoms with van der Waals surface area (Å²) in [5.41, 5.74) is 2.79. The van der Waals surface area contributed by atoms with Gasteiger partial charge in [-0.3, -0.25) is 0 Å². The second kappa shape index (κ2) is 6.66. The molecule has 23 heavy (non-hydrogen) atoms. The van der Waals surface area contributed by atoms with E-state index in [9.17, 15) is 0 Å². The molecule has 0 saturated carbocycles. The Morgan fingerprint density at radius 3 is 2.74 bits per heavy atom. The maximum atomic E-state index is 6.16. The number of rotatable bonds is 3. The maximum absolute atomic E-state index is 6.16. The Hall–Kier alpha value is -1.95. The van der Waals surface area contributed by atoms with Gasteiger partial charge >= 0.3 is 0 Å². The fraction of sp³-hybridized carbons (Fsp3) is 0.0625. The van der Waals surface area contributed by atoms with Gasteiger partial charge in [0.25, 0.3) is 0 Å². The molecule has 0 radical (unpaired) electrons. The van der Waals surface area contributed by atoms with Gasteiger partial charge in [-0.2, -0.15) is 14.9 Å². The molecule has 116 valence electrons. The third-order valence-electron chi connectivity index (χ3n) is 3.31. The van der Waals surface area contributed by atoms with E-state index in [0.29, 0.717) is 20.6 Å². The molecule has 0 spiro atoms. The Kier molecular flexibility index (Phi) is 4.61. The van der Waals surface area contributed by atoms with Gasteiger partial charge in [0.1, 0.15) is 0 Å². The molecule has 0 amide bonds. The molecule has 3 aromatic rings. The molecule has 2 aromatic carbocycles. The van der Waals surface area contributed by atoms with Crippen LogP contribution in [0, 0.1) is 11.7 Å². The first-order valence-corrected chi connectivity index (χ1v) is 7.95. The Labute approximate surface area is 148 Å². The summed E-state index contributed by atoms with van der Waals surface area (Å²) in [5.74, 6) is 0.648. The van der Waals surface area contributed by atoms with Crippen molar-refractivity contribution in [2.75, 3.05) is 0 Å². The quantitative estimate of drug-likeness (QED) is 0.520. The van der Waals surface area contributed by atoms with E-state index in [-0.39, 0.29) is 0 Å². The summed E-state index contributed by atoms with van der Waals surface area (Å²) in [4.78, 5) is 0. The summed E-state index contributed by atoms with van der Waals surface area (Å²) in [6.07, 6.45) is 1.63. The van der Waals surface area contributed by atoms with Gasteiger partial charge in [0.15, 0.2) is 5.82 Å². The fourth-order valence-corrected chi connectivity index (χ4v) is 2.76. The SMILES string of the molecule is Cc1ccccc1-c1n[nH]c(=S)n1N=Cc1ccc(Cl)cc1Cl. The molecule has 0 unspecified atom stereocenters. The van der Waals surface area contributed by atoms with Crippen molar-refractivity contribution in [3.8, 4) is 11.4 Å². The Balaban J connectivity index is 2.04. The summed E-state index contributed by atoms with van der Waals surface area (Å²) >= 11 is 17.3. The molecular weight excluding hydrogens is 351 g/mol. The lowest BCUT2D eigenvalue weighted by atomic mass is 10.1. The first-order chi connectivity index (χ1) is 11.1. The van der Waals surface area contributed by atoms with Crippen LogP contribution in [0.5, 0.6) is 0 Å². The van der Waals surface area contributed by atoms with Crippen LogP contribution in [0.4, 0.5) is 0 Å². The minimum Gasteiger partial charge on any atom is -0.250 e. The first-order valence-electron chi connectivity index (χ1n) is 6.79. The molecular formula is C16H12Cl2N4S. The topological polar surface area (TPSA) is 46.0 Å². The second-order valence-electron chi connectivity index (χ2n) is 4.89. The van der Waals surface area contributed by atoms with E-state index in [1.165, 1.54) is 0 Å². The highest BCUT2D eigenvalue weighted by Gasteiger charge is 2.10. The molecule has 0 aliphatic carbocycles. The van der Waals surface area contributed by atoms with Gasteiger partial charge in [-0.1, -0.05) is 53.5 Å². The van der Waals surface area contributed by atoms with Crippen LogP contribution in [0.15, 0.2) is 47.6 Å². The summed E-state index contributed by atoms with van der Waals surface area (Å²) in [6.45, 7) is 2.01. The summed E-state index contributed by atoms with van der Waals surface area (Å²) in [5, 5.41) is 12.6. The van der Waals surface area contributed by atoms with Crippen LogP contribution in [-0.4, -0.2) is 21.1 Å². The monoisotopic (exact) mass is 362 g/mol. The summed E-state index contributed by atoms with van der Waals surface area (Å²) < 4.78 is 1.98. The van der Waals surface area contributed by atoms with Crippen LogP contribution in [0.25, 0.3) is 11.4 Å². The van der Waals surface area contributed by atoms with Gasteiger partial charge in [-0.15, -0.1) is 0 Å². The van der Waals surface area contributed by atoms with Gasteiger partial charge in [0.2, 0.25) is 4.77 Å². The van der Waals surface area contributed by atoms with Crippen molar-refractivity contribution < 1.29 is 0 Å². The van der Waals surface area contributed by atoms with E-state index >= 15 is 0 Å². The van der Waals surface area contributed by atoms with E-state index in [0.717, 1.165) is 16.7 Å². The van der Waals surface area contributed by atoms with Crippen molar-refractivity contribution >= 4 is 41.6 Å². The third kappa shape index (κ3) is 3.37. The summed E-state index contributed by atoms with van der Waals surface area (Å²) in [6, 6.07) is 13.1. The van der Waals surface area contributed by atoms with E-state index in [2.05, 4.69) is 15.3 Å². The van der Waals surface area contributed by atoms with E-state index in [1.807, 2.05) is 31.2 Å². The number of hydrogen-bond acceptors (Lipinski definition) is 3. The average molecular weight is 363 g/mol. The maximum Gasteiger partial charge on any atom is 0.216 e. The normalized spacial score (nSPS) is 11.3. The van der Waals surface area contributed by atoms with Gasteiger partial charge < -0.3 is 0 Å². The molecule has 0 fully saturated rings. The van der Waals surface area contributed by atoms with Gasteiger partial charge in [0.05, 0.1) is 11.2 Å². The highest BCUT2D eigenvalue weighted by Crippen LogP contribution is 2.22.